The lowest BCUT2D eigenvalue weighted by Gasteiger charge is -2.12. The second kappa shape index (κ2) is 5.76. The van der Waals surface area contributed by atoms with Gasteiger partial charge < -0.3 is 16.2 Å². The minimum Gasteiger partial charge on any atom is -0.480 e. The van der Waals surface area contributed by atoms with Crippen LogP contribution in [0.15, 0.2) is 18.3 Å². The third-order valence-corrected chi connectivity index (χ3v) is 2.17. The van der Waals surface area contributed by atoms with Crippen LogP contribution in [0.25, 0.3) is 0 Å². The average molecular weight is 251 g/mol. The summed E-state index contributed by atoms with van der Waals surface area (Å²) in [4.78, 5) is 37.2. The van der Waals surface area contributed by atoms with Crippen molar-refractivity contribution in [2.45, 2.75) is 19.4 Å². The summed E-state index contributed by atoms with van der Waals surface area (Å²) >= 11 is 0. The van der Waals surface area contributed by atoms with E-state index in [1.165, 1.54) is 18.3 Å². The molecule has 0 aromatic carbocycles. The van der Waals surface area contributed by atoms with Crippen molar-refractivity contribution in [1.82, 2.24) is 10.3 Å². The van der Waals surface area contributed by atoms with Crippen LogP contribution in [0.4, 0.5) is 0 Å². The van der Waals surface area contributed by atoms with E-state index < -0.39 is 30.2 Å². The molecular formula is C11H13N3O4. The van der Waals surface area contributed by atoms with Gasteiger partial charge in [-0.3, -0.25) is 14.6 Å². The number of rotatable bonds is 5. The molecule has 0 bridgehead atoms. The van der Waals surface area contributed by atoms with Crippen molar-refractivity contribution in [3.8, 4) is 0 Å². The van der Waals surface area contributed by atoms with Crippen LogP contribution in [-0.4, -0.2) is 33.9 Å². The van der Waals surface area contributed by atoms with Crippen LogP contribution in [0.5, 0.6) is 0 Å². The summed E-state index contributed by atoms with van der Waals surface area (Å²) in [5, 5.41) is 11.1. The van der Waals surface area contributed by atoms with E-state index in [-0.39, 0.29) is 5.56 Å². The Morgan fingerprint density at radius 1 is 1.50 bits per heavy atom. The number of primary amides is 1. The van der Waals surface area contributed by atoms with E-state index in [0.717, 1.165) is 0 Å². The second-order valence-electron chi connectivity index (χ2n) is 3.72. The topological polar surface area (TPSA) is 122 Å². The highest BCUT2D eigenvalue weighted by molar-refractivity contribution is 5.97. The van der Waals surface area contributed by atoms with E-state index in [0.29, 0.717) is 5.69 Å². The number of aromatic nitrogens is 1. The van der Waals surface area contributed by atoms with Crippen molar-refractivity contribution < 1.29 is 19.5 Å². The zero-order valence-electron chi connectivity index (χ0n) is 9.71. The molecule has 2 amide bonds. The molecule has 0 aliphatic carbocycles. The van der Waals surface area contributed by atoms with Gasteiger partial charge in [0.05, 0.1) is 6.42 Å². The highest BCUT2D eigenvalue weighted by atomic mass is 16.4. The summed E-state index contributed by atoms with van der Waals surface area (Å²) in [7, 11) is 0. The molecule has 0 unspecified atom stereocenters. The first kappa shape index (κ1) is 13.6. The van der Waals surface area contributed by atoms with Gasteiger partial charge >= 0.3 is 5.97 Å². The minimum absolute atomic E-state index is 0.276. The van der Waals surface area contributed by atoms with E-state index in [1.54, 1.807) is 6.92 Å². The fourth-order valence-electron chi connectivity index (χ4n) is 1.33. The molecule has 4 N–H and O–H groups in total. The number of hydrogen-bond donors (Lipinski definition) is 3. The average Bonchev–Trinajstić information content (AvgIpc) is 2.27. The first-order valence-electron chi connectivity index (χ1n) is 5.14. The minimum atomic E-state index is -1.33. The van der Waals surface area contributed by atoms with Gasteiger partial charge in [0, 0.05) is 17.5 Å². The van der Waals surface area contributed by atoms with Crippen molar-refractivity contribution in [1.29, 1.82) is 0 Å². The van der Waals surface area contributed by atoms with Crippen LogP contribution >= 0.6 is 0 Å². The SMILES string of the molecule is Cc1cc(C(=O)N[C@@H](CC(N)=O)C(=O)O)ccn1. The Labute approximate surface area is 103 Å². The van der Waals surface area contributed by atoms with Gasteiger partial charge in [0.1, 0.15) is 6.04 Å². The molecular weight excluding hydrogens is 238 g/mol. The Bertz CT molecular complexity index is 487. The van der Waals surface area contributed by atoms with E-state index in [4.69, 9.17) is 10.8 Å². The largest absolute Gasteiger partial charge is 0.480 e. The van der Waals surface area contributed by atoms with Crippen LogP contribution in [0.2, 0.25) is 0 Å². The molecule has 0 spiro atoms. The molecule has 1 rings (SSSR count). The first-order chi connectivity index (χ1) is 8.40. The number of amides is 2. The number of hydrogen-bond acceptors (Lipinski definition) is 4. The summed E-state index contributed by atoms with van der Waals surface area (Å²) in [5.41, 5.74) is 5.81. The maximum Gasteiger partial charge on any atom is 0.326 e. The third-order valence-electron chi connectivity index (χ3n) is 2.17. The first-order valence-corrected chi connectivity index (χ1v) is 5.14. The third kappa shape index (κ3) is 3.85. The van der Waals surface area contributed by atoms with Gasteiger partial charge in [0.15, 0.2) is 0 Å². The molecule has 0 aliphatic heterocycles. The predicted octanol–water partition coefficient (Wildman–Crippen LogP) is -0.552. The quantitative estimate of drug-likeness (QED) is 0.648. The normalized spacial score (nSPS) is 11.6. The standard InChI is InChI=1S/C11H13N3O4/c1-6-4-7(2-3-13-6)10(16)14-8(11(17)18)5-9(12)15/h2-4,8H,5H2,1H3,(H2,12,15)(H,14,16)(H,17,18)/t8-/m0/s1. The van der Waals surface area contributed by atoms with Crippen molar-refractivity contribution in [2.24, 2.45) is 5.73 Å². The highest BCUT2D eigenvalue weighted by Crippen LogP contribution is 2.02. The number of pyridine rings is 1. The Kier molecular flexibility index (Phi) is 4.36. The molecule has 0 saturated carbocycles. The molecule has 0 radical (unpaired) electrons. The molecule has 1 atom stereocenters. The molecule has 1 heterocycles. The summed E-state index contributed by atoms with van der Waals surface area (Å²) < 4.78 is 0. The number of nitrogens with one attached hydrogen (secondary N) is 1. The van der Waals surface area contributed by atoms with Gasteiger partial charge in [0.25, 0.3) is 5.91 Å². The van der Waals surface area contributed by atoms with Crippen molar-refractivity contribution in [3.05, 3.63) is 29.6 Å². The fraction of sp³-hybridized carbons (Fsp3) is 0.273. The number of carbonyl (C=O) groups excluding carboxylic acids is 2. The molecule has 96 valence electrons. The lowest BCUT2D eigenvalue weighted by molar-refractivity contribution is -0.140. The molecule has 0 saturated heterocycles. The number of carboxylic acid groups (broad SMARTS) is 1. The van der Waals surface area contributed by atoms with Crippen LogP contribution in [-0.2, 0) is 9.59 Å². The number of aliphatic carboxylic acids is 1. The lowest BCUT2D eigenvalue weighted by atomic mass is 10.1. The van der Waals surface area contributed by atoms with Crippen molar-refractivity contribution >= 4 is 17.8 Å². The number of carboxylic acids is 1. The van der Waals surface area contributed by atoms with Gasteiger partial charge in [-0.25, -0.2) is 4.79 Å². The molecule has 0 aliphatic rings. The second-order valence-corrected chi connectivity index (χ2v) is 3.72. The van der Waals surface area contributed by atoms with Crippen LogP contribution in [0.1, 0.15) is 22.5 Å². The molecule has 7 nitrogen and oxygen atoms in total. The molecule has 0 fully saturated rings. The monoisotopic (exact) mass is 251 g/mol. The Morgan fingerprint density at radius 2 is 2.17 bits per heavy atom. The van der Waals surface area contributed by atoms with E-state index in [2.05, 4.69) is 10.3 Å². The molecule has 18 heavy (non-hydrogen) atoms. The van der Waals surface area contributed by atoms with Gasteiger partial charge in [-0.2, -0.15) is 0 Å². The maximum absolute atomic E-state index is 11.7. The van der Waals surface area contributed by atoms with Crippen molar-refractivity contribution in [3.63, 3.8) is 0 Å². The van der Waals surface area contributed by atoms with Gasteiger partial charge in [0.2, 0.25) is 5.91 Å². The summed E-state index contributed by atoms with van der Waals surface area (Å²) in [6.07, 6.45) is 0.985. The number of nitrogens with two attached hydrogens (primary N) is 1. The van der Waals surface area contributed by atoms with Crippen LogP contribution in [0.3, 0.4) is 0 Å². The fourth-order valence-corrected chi connectivity index (χ4v) is 1.33. The number of carbonyl (C=O) groups is 3. The Balaban J connectivity index is 2.78. The van der Waals surface area contributed by atoms with Gasteiger partial charge in [-0.15, -0.1) is 0 Å². The van der Waals surface area contributed by atoms with E-state index in [9.17, 15) is 14.4 Å². The zero-order chi connectivity index (χ0) is 13.7. The summed E-state index contributed by atoms with van der Waals surface area (Å²) in [6, 6.07) is 1.63. The molecule has 1 aromatic rings. The summed E-state index contributed by atoms with van der Waals surface area (Å²) in [6.45, 7) is 1.70. The molecule has 1 aromatic heterocycles. The molecule has 7 heteroatoms. The smallest absolute Gasteiger partial charge is 0.326 e. The van der Waals surface area contributed by atoms with Crippen LogP contribution < -0.4 is 11.1 Å². The van der Waals surface area contributed by atoms with Crippen LogP contribution in [0, 0.1) is 6.92 Å². The predicted molar refractivity (Wildman–Crippen MR) is 61.7 cm³/mol. The van der Waals surface area contributed by atoms with E-state index in [1.807, 2.05) is 0 Å². The lowest BCUT2D eigenvalue weighted by Crippen LogP contribution is -2.43. The number of aryl methyl sites for hydroxylation is 1. The Morgan fingerprint density at radius 3 is 2.67 bits per heavy atom. The summed E-state index contributed by atoms with van der Waals surface area (Å²) in [5.74, 6) is -2.70. The highest BCUT2D eigenvalue weighted by Gasteiger charge is 2.22. The van der Waals surface area contributed by atoms with E-state index >= 15 is 0 Å². The van der Waals surface area contributed by atoms with Gasteiger partial charge in [-0.1, -0.05) is 0 Å². The van der Waals surface area contributed by atoms with Gasteiger partial charge in [-0.05, 0) is 19.1 Å². The van der Waals surface area contributed by atoms with Crippen molar-refractivity contribution in [2.75, 3.05) is 0 Å². The maximum atomic E-state index is 11.7. The Hall–Kier alpha value is -2.44. The zero-order valence-corrected chi connectivity index (χ0v) is 9.71. The number of nitrogens with zero attached hydrogens (tertiary/aromatic N) is 1.